The number of hydrogen-bond donors (Lipinski definition) is 2. The minimum Gasteiger partial charge on any atom is -0.497 e. The molecule has 2 N–H and O–H groups in total. The second-order valence-electron chi connectivity index (χ2n) is 4.83. The molecule has 0 aliphatic carbocycles. The van der Waals surface area contributed by atoms with Crippen LogP contribution in [0.5, 0.6) is 23.0 Å². The molecule has 134 valence electrons. The molecule has 0 aliphatic rings. The van der Waals surface area contributed by atoms with E-state index >= 15 is 0 Å². The van der Waals surface area contributed by atoms with Crippen LogP contribution in [-0.2, 0) is 0 Å². The van der Waals surface area contributed by atoms with E-state index in [-0.39, 0.29) is 0 Å². The molecule has 0 aromatic heterocycles. The van der Waals surface area contributed by atoms with Crippen molar-refractivity contribution in [2.75, 3.05) is 39.1 Å². The molecule has 2 aromatic carbocycles. The van der Waals surface area contributed by atoms with E-state index in [0.29, 0.717) is 44.5 Å². The predicted octanol–water partition coefficient (Wildman–Crippen LogP) is 4.18. The van der Waals surface area contributed by atoms with Crippen LogP contribution in [0.25, 0.3) is 0 Å². The first kappa shape index (κ1) is 19.0. The molecule has 25 heavy (non-hydrogen) atoms. The molecule has 0 saturated carbocycles. The fourth-order valence-corrected chi connectivity index (χ4v) is 2.59. The summed E-state index contributed by atoms with van der Waals surface area (Å²) in [7, 11) is 6.25. The number of hydrogen-bond acceptors (Lipinski definition) is 5. The van der Waals surface area contributed by atoms with Gasteiger partial charge in [0.1, 0.15) is 23.0 Å². The topological polar surface area (TPSA) is 61.0 Å². The zero-order valence-electron chi connectivity index (χ0n) is 14.3. The van der Waals surface area contributed by atoms with Crippen molar-refractivity contribution in [1.29, 1.82) is 0 Å². The molecule has 0 saturated heterocycles. The molecule has 8 heteroatoms. The Morgan fingerprint density at radius 3 is 2.00 bits per heavy atom. The minimum absolute atomic E-state index is 0.353. The highest BCUT2D eigenvalue weighted by Gasteiger charge is 2.12. The summed E-state index contributed by atoms with van der Waals surface area (Å²) in [6.45, 7) is 0. The highest BCUT2D eigenvalue weighted by atomic mass is 35.5. The standard InChI is InChI=1S/C17H19ClN2O4S/c1-21-10-5-6-12(15(7-10)23-3)19-17(25)20-13-9-14(22-2)11(18)8-16(13)24-4/h5-9H,1-4H3,(H2,19,20,25). The van der Waals surface area contributed by atoms with Gasteiger partial charge in [0.15, 0.2) is 5.11 Å². The second kappa shape index (κ2) is 8.64. The van der Waals surface area contributed by atoms with Gasteiger partial charge in [0, 0.05) is 18.2 Å². The fourth-order valence-electron chi connectivity index (χ4n) is 2.14. The van der Waals surface area contributed by atoms with Gasteiger partial charge in [-0.3, -0.25) is 0 Å². The van der Waals surface area contributed by atoms with Gasteiger partial charge < -0.3 is 29.6 Å². The zero-order chi connectivity index (χ0) is 18.4. The Labute approximate surface area is 157 Å². The van der Waals surface area contributed by atoms with Crippen molar-refractivity contribution in [3.63, 3.8) is 0 Å². The van der Waals surface area contributed by atoms with Gasteiger partial charge in [0.2, 0.25) is 0 Å². The predicted molar refractivity (Wildman–Crippen MR) is 104 cm³/mol. The Balaban J connectivity index is 2.20. The average molecular weight is 383 g/mol. The second-order valence-corrected chi connectivity index (χ2v) is 5.65. The van der Waals surface area contributed by atoms with E-state index in [1.54, 1.807) is 45.6 Å². The molecule has 0 unspecified atom stereocenters. The number of methoxy groups -OCH3 is 4. The van der Waals surface area contributed by atoms with Crippen LogP contribution >= 0.6 is 23.8 Å². The van der Waals surface area contributed by atoms with E-state index in [2.05, 4.69) is 10.6 Å². The first-order valence-electron chi connectivity index (χ1n) is 7.24. The van der Waals surface area contributed by atoms with Gasteiger partial charge in [0.25, 0.3) is 0 Å². The summed E-state index contributed by atoms with van der Waals surface area (Å²) in [5.41, 5.74) is 1.31. The van der Waals surface area contributed by atoms with Crippen molar-refractivity contribution in [2.24, 2.45) is 0 Å². The van der Waals surface area contributed by atoms with Gasteiger partial charge in [-0.05, 0) is 24.4 Å². The quantitative estimate of drug-likeness (QED) is 0.726. The first-order chi connectivity index (χ1) is 12.0. The van der Waals surface area contributed by atoms with Crippen molar-refractivity contribution in [2.45, 2.75) is 0 Å². The molecule has 0 aliphatic heterocycles. The van der Waals surface area contributed by atoms with Gasteiger partial charge in [-0.1, -0.05) is 11.6 Å². The van der Waals surface area contributed by atoms with Gasteiger partial charge in [0.05, 0.1) is 44.8 Å². The lowest BCUT2D eigenvalue weighted by Gasteiger charge is -2.17. The van der Waals surface area contributed by atoms with Crippen molar-refractivity contribution >= 4 is 40.3 Å². The molecule has 0 fully saturated rings. The van der Waals surface area contributed by atoms with Gasteiger partial charge in [-0.25, -0.2) is 0 Å². The number of anilines is 2. The summed E-state index contributed by atoms with van der Waals surface area (Å²) < 4.78 is 21.1. The zero-order valence-corrected chi connectivity index (χ0v) is 15.9. The van der Waals surface area contributed by atoms with E-state index in [4.69, 9.17) is 42.8 Å². The maximum Gasteiger partial charge on any atom is 0.175 e. The monoisotopic (exact) mass is 382 g/mol. The van der Waals surface area contributed by atoms with Crippen molar-refractivity contribution in [3.05, 3.63) is 35.4 Å². The largest absolute Gasteiger partial charge is 0.497 e. The summed E-state index contributed by atoms with van der Waals surface area (Å²) >= 11 is 11.5. The highest BCUT2D eigenvalue weighted by molar-refractivity contribution is 7.80. The van der Waals surface area contributed by atoms with Crippen molar-refractivity contribution in [1.82, 2.24) is 0 Å². The van der Waals surface area contributed by atoms with Crippen LogP contribution in [0, 0.1) is 0 Å². The first-order valence-corrected chi connectivity index (χ1v) is 8.02. The highest BCUT2D eigenvalue weighted by Crippen LogP contribution is 2.36. The molecule has 2 rings (SSSR count). The maximum atomic E-state index is 6.11. The third kappa shape index (κ3) is 4.58. The maximum absolute atomic E-state index is 6.11. The Morgan fingerprint density at radius 2 is 1.40 bits per heavy atom. The van der Waals surface area contributed by atoms with Crippen molar-refractivity contribution in [3.8, 4) is 23.0 Å². The van der Waals surface area contributed by atoms with Crippen LogP contribution < -0.4 is 29.6 Å². The molecule has 0 radical (unpaired) electrons. The SMILES string of the molecule is COc1ccc(NC(=S)Nc2cc(OC)c(Cl)cc2OC)c(OC)c1. The van der Waals surface area contributed by atoms with Gasteiger partial charge in [-0.15, -0.1) is 0 Å². The molecule has 2 aromatic rings. The van der Waals surface area contributed by atoms with Crippen LogP contribution in [0.2, 0.25) is 5.02 Å². The summed E-state index contributed by atoms with van der Waals surface area (Å²) in [6.07, 6.45) is 0. The van der Waals surface area contributed by atoms with E-state index in [9.17, 15) is 0 Å². The molecular formula is C17H19ClN2O4S. The number of benzene rings is 2. The average Bonchev–Trinajstić information content (AvgIpc) is 2.62. The van der Waals surface area contributed by atoms with E-state index in [1.165, 1.54) is 7.11 Å². The molecular weight excluding hydrogens is 364 g/mol. The molecule has 0 bridgehead atoms. The molecule has 0 amide bonds. The Kier molecular flexibility index (Phi) is 6.55. The van der Waals surface area contributed by atoms with E-state index < -0.39 is 0 Å². The van der Waals surface area contributed by atoms with E-state index in [1.807, 2.05) is 6.07 Å². The van der Waals surface area contributed by atoms with Crippen LogP contribution in [-0.4, -0.2) is 33.6 Å². The number of halogens is 1. The van der Waals surface area contributed by atoms with Gasteiger partial charge >= 0.3 is 0 Å². The Bertz CT molecular complexity index is 771. The molecule has 0 heterocycles. The van der Waals surface area contributed by atoms with Crippen LogP contribution in [0.4, 0.5) is 11.4 Å². The Morgan fingerprint density at radius 1 is 0.800 bits per heavy atom. The molecule has 6 nitrogen and oxygen atoms in total. The smallest absolute Gasteiger partial charge is 0.175 e. The van der Waals surface area contributed by atoms with Crippen molar-refractivity contribution < 1.29 is 18.9 Å². The van der Waals surface area contributed by atoms with Crippen LogP contribution in [0.15, 0.2) is 30.3 Å². The van der Waals surface area contributed by atoms with Crippen LogP contribution in [0.3, 0.4) is 0 Å². The normalized spacial score (nSPS) is 9.96. The van der Waals surface area contributed by atoms with Crippen LogP contribution in [0.1, 0.15) is 0 Å². The number of thiocarbonyl (C=S) groups is 1. The number of nitrogens with one attached hydrogen (secondary N) is 2. The number of ether oxygens (including phenoxy) is 4. The lowest BCUT2D eigenvalue weighted by molar-refractivity contribution is 0.395. The summed E-state index contributed by atoms with van der Waals surface area (Å²) in [5.74, 6) is 2.33. The lowest BCUT2D eigenvalue weighted by atomic mass is 10.2. The number of rotatable bonds is 6. The summed E-state index contributed by atoms with van der Waals surface area (Å²) in [4.78, 5) is 0. The third-order valence-corrected chi connectivity index (χ3v) is 3.88. The third-order valence-electron chi connectivity index (χ3n) is 3.38. The molecule has 0 atom stereocenters. The molecule has 0 spiro atoms. The fraction of sp³-hybridized carbons (Fsp3) is 0.235. The summed E-state index contributed by atoms with van der Waals surface area (Å²) in [5, 5.41) is 6.93. The minimum atomic E-state index is 0.353. The van der Waals surface area contributed by atoms with Gasteiger partial charge in [-0.2, -0.15) is 0 Å². The lowest BCUT2D eigenvalue weighted by Crippen LogP contribution is -2.20. The summed E-state index contributed by atoms with van der Waals surface area (Å²) in [6, 6.07) is 8.74. The Hall–Kier alpha value is -2.38. The van der Waals surface area contributed by atoms with E-state index in [0.717, 1.165) is 0 Å².